The van der Waals surface area contributed by atoms with Gasteiger partial charge in [0.15, 0.2) is 55.6 Å². The number of fused-ring (bicyclic) bond motifs is 4. The van der Waals surface area contributed by atoms with Gasteiger partial charge in [0.1, 0.15) is 60.3 Å². The number of phosphoric acid groups is 2. The van der Waals surface area contributed by atoms with Crippen molar-refractivity contribution in [2.75, 3.05) is 24.7 Å². The SMILES string of the molecule is Nc1ncnc2c1ncn2[C@@H]1O[C@@H]2COP(=O)(O)O[C@H]3[C@@H](O)[C@H](n4cnc5c(N)ncnc54)O[C@@H]3COP(=O)(O)O[C@H]2[C@H]1O.O=S(=O)([O-])C(F)(F)F.O=S(=O)([O-])C(F)(F)F.[Cu+2]. The van der Waals surface area contributed by atoms with Crippen LogP contribution in [0.4, 0.5) is 38.0 Å². The van der Waals surface area contributed by atoms with Gasteiger partial charge in [-0.2, -0.15) is 26.3 Å². The first-order chi connectivity index (χ1) is 27.4. The zero-order valence-electron chi connectivity index (χ0n) is 28.9. The molecule has 0 amide bonds. The molecule has 3 saturated heterocycles. The van der Waals surface area contributed by atoms with Crippen LogP contribution in [-0.2, 0) is 74.0 Å². The Morgan fingerprint density at radius 3 is 1.28 bits per heavy atom. The van der Waals surface area contributed by atoms with E-state index in [1.165, 1.54) is 21.8 Å². The fourth-order valence-electron chi connectivity index (χ4n) is 5.24. The zero-order valence-corrected chi connectivity index (χ0v) is 33.2. The molecular formula is C22H24CuF6N10O18P2S2. The molecular weight excluding hydrogens is 996 g/mol. The van der Waals surface area contributed by atoms with E-state index in [1.807, 2.05) is 0 Å². The third-order valence-corrected chi connectivity index (χ3v) is 10.9. The van der Waals surface area contributed by atoms with Gasteiger partial charge < -0.3 is 50.0 Å². The average molecular weight is 1020 g/mol. The van der Waals surface area contributed by atoms with E-state index in [0.717, 1.165) is 12.7 Å². The maximum Gasteiger partial charge on any atom is 2.00 e. The van der Waals surface area contributed by atoms with E-state index >= 15 is 0 Å². The molecule has 3 aliphatic heterocycles. The van der Waals surface area contributed by atoms with Gasteiger partial charge in [0.05, 0.1) is 25.9 Å². The molecule has 61 heavy (non-hydrogen) atoms. The number of nitrogen functional groups attached to an aromatic ring is 2. The number of hydrogen-bond donors (Lipinski definition) is 6. The number of alkyl halides is 6. The molecule has 0 spiro atoms. The Kier molecular flexibility index (Phi) is 14.9. The second-order valence-electron chi connectivity index (χ2n) is 11.7. The summed E-state index contributed by atoms with van der Waals surface area (Å²) in [5.41, 5.74) is 1.07. The van der Waals surface area contributed by atoms with Crippen molar-refractivity contribution in [1.29, 1.82) is 0 Å². The minimum Gasteiger partial charge on any atom is -0.741 e. The van der Waals surface area contributed by atoms with Gasteiger partial charge in [-0.15, -0.1) is 0 Å². The summed E-state index contributed by atoms with van der Waals surface area (Å²) in [5.74, 6) is 0.101. The van der Waals surface area contributed by atoms with Crippen LogP contribution in [0.2, 0.25) is 0 Å². The van der Waals surface area contributed by atoms with Crippen molar-refractivity contribution in [2.24, 2.45) is 0 Å². The number of aliphatic hydroxyl groups is 2. The van der Waals surface area contributed by atoms with Crippen LogP contribution in [-0.4, -0.2) is 146 Å². The molecule has 0 saturated carbocycles. The van der Waals surface area contributed by atoms with E-state index in [4.69, 9.17) is 65.0 Å². The van der Waals surface area contributed by atoms with Crippen molar-refractivity contribution in [3.05, 3.63) is 25.3 Å². The van der Waals surface area contributed by atoms with Crippen molar-refractivity contribution in [3.63, 3.8) is 0 Å². The number of ether oxygens (including phenoxy) is 2. The quantitative estimate of drug-likeness (QED) is 0.0436. The standard InChI is InChI=1S/C20H24N10O12P2.2CHF3O3S.Cu/c21-15-9-17(25-3-23-15)29(5-27-9)19-11(31)13-7(39-19)1-37-43(33,34)42-14-8(2-38-44(35,36)41-13)40-20(12(14)32)30-6-28-10-16(22)24-4-26-18(10)30;2*2-1(3,4)8(5,6)7;/h3-8,11-14,19-20,31-32H,1-2H2,(H,33,34)(H,35,36)(H2,21,23,25)(H2,22,24,26);2*(H,5,6,7);/q;;;+2/p-2/t7-,8-,11-,12-,13-,14-,19-,20-;;;/m1.../s1. The van der Waals surface area contributed by atoms with E-state index in [0.29, 0.717) is 0 Å². The minimum atomic E-state index is -6.09. The van der Waals surface area contributed by atoms with Crippen molar-refractivity contribution in [2.45, 2.75) is 60.1 Å². The van der Waals surface area contributed by atoms with Crippen LogP contribution in [0.15, 0.2) is 25.3 Å². The van der Waals surface area contributed by atoms with Gasteiger partial charge in [-0.3, -0.25) is 27.2 Å². The van der Waals surface area contributed by atoms with E-state index in [1.54, 1.807) is 0 Å². The fourth-order valence-corrected chi connectivity index (χ4v) is 7.17. The normalized spacial score (nSPS) is 31.3. The van der Waals surface area contributed by atoms with E-state index in [2.05, 4.69) is 29.9 Å². The topological polar surface area (TPSA) is 424 Å². The van der Waals surface area contributed by atoms with E-state index in [-0.39, 0.29) is 51.0 Å². The predicted molar refractivity (Wildman–Crippen MR) is 172 cm³/mol. The molecule has 4 aromatic rings. The number of nitrogens with zero attached hydrogens (tertiary/aromatic N) is 8. The van der Waals surface area contributed by atoms with Crippen LogP contribution in [0, 0.1) is 0 Å². The summed E-state index contributed by atoms with van der Waals surface area (Å²) in [5, 5.41) is 22.2. The van der Waals surface area contributed by atoms with Crippen molar-refractivity contribution < 1.29 is 126 Å². The van der Waals surface area contributed by atoms with Gasteiger partial charge in [0.25, 0.3) is 0 Å². The maximum atomic E-state index is 13.1. The van der Waals surface area contributed by atoms with Crippen LogP contribution in [0.5, 0.6) is 0 Å². The van der Waals surface area contributed by atoms with Gasteiger partial charge in [-0.25, -0.2) is 55.9 Å². The Balaban J connectivity index is 0.000000410. The molecule has 7 rings (SSSR count). The second-order valence-corrected chi connectivity index (χ2v) is 17.3. The van der Waals surface area contributed by atoms with Crippen molar-refractivity contribution >= 4 is 69.8 Å². The molecule has 7 heterocycles. The molecule has 0 aliphatic carbocycles. The molecule has 3 aliphatic rings. The fraction of sp³-hybridized carbons (Fsp3) is 0.545. The first-order valence-electron chi connectivity index (χ1n) is 15.3. The summed E-state index contributed by atoms with van der Waals surface area (Å²) in [4.78, 5) is 45.3. The van der Waals surface area contributed by atoms with Crippen LogP contribution in [0.1, 0.15) is 12.5 Å². The summed E-state index contributed by atoms with van der Waals surface area (Å²) in [7, 11) is -22.2. The van der Waals surface area contributed by atoms with Crippen molar-refractivity contribution in [3.8, 4) is 0 Å². The molecule has 8 N–H and O–H groups in total. The molecule has 2 unspecified atom stereocenters. The van der Waals surface area contributed by atoms with E-state index < -0.39 is 109 Å². The number of imidazole rings is 2. The summed E-state index contributed by atoms with van der Waals surface area (Å²) in [6, 6.07) is 0. The zero-order chi connectivity index (χ0) is 45.0. The average Bonchev–Trinajstić information content (AvgIpc) is 3.87. The summed E-state index contributed by atoms with van der Waals surface area (Å²) in [6.45, 7) is -1.56. The number of hydrogen-bond acceptors (Lipinski definition) is 24. The molecule has 10 atom stereocenters. The first kappa shape index (κ1) is 50.3. The maximum absolute atomic E-state index is 13.1. The third-order valence-electron chi connectivity index (χ3n) is 7.82. The Bertz CT molecular complexity index is 2370. The van der Waals surface area contributed by atoms with Gasteiger partial charge >= 0.3 is 43.7 Å². The molecule has 0 bridgehead atoms. The molecule has 3 fully saturated rings. The molecule has 345 valence electrons. The predicted octanol–water partition coefficient (Wildman–Crippen LogP) is -1.53. The Labute approximate surface area is 344 Å². The monoisotopic (exact) mass is 1020 g/mol. The third kappa shape index (κ3) is 11.3. The second kappa shape index (κ2) is 18.0. The first-order valence-corrected chi connectivity index (χ1v) is 21.1. The molecule has 4 aromatic heterocycles. The van der Waals surface area contributed by atoms with Crippen LogP contribution >= 0.6 is 15.6 Å². The number of nitrogens with two attached hydrogens (primary N) is 2. The van der Waals surface area contributed by atoms with Gasteiger partial charge in [-0.1, -0.05) is 0 Å². The smallest absolute Gasteiger partial charge is 0.741 e. The Morgan fingerprint density at radius 1 is 0.672 bits per heavy atom. The summed E-state index contributed by atoms with van der Waals surface area (Å²) in [6.07, 6.45) is -7.30. The minimum absolute atomic E-state index is 0. The molecule has 28 nitrogen and oxygen atoms in total. The Hall–Kier alpha value is -3.32. The van der Waals surface area contributed by atoms with E-state index in [9.17, 15) is 55.5 Å². The largest absolute Gasteiger partial charge is 2.00 e. The number of halogens is 6. The molecule has 39 heteroatoms. The number of rotatable bonds is 2. The number of anilines is 2. The summed E-state index contributed by atoms with van der Waals surface area (Å²) < 4.78 is 179. The van der Waals surface area contributed by atoms with Gasteiger partial charge in [0, 0.05) is 0 Å². The van der Waals surface area contributed by atoms with Gasteiger partial charge in [0.2, 0.25) is 0 Å². The van der Waals surface area contributed by atoms with Crippen LogP contribution < -0.4 is 11.5 Å². The molecule has 0 aromatic carbocycles. The number of aromatic nitrogens is 8. The number of aliphatic hydroxyl groups excluding tert-OH is 2. The van der Waals surface area contributed by atoms with Crippen LogP contribution in [0.25, 0.3) is 22.3 Å². The number of phosphoric ester groups is 2. The van der Waals surface area contributed by atoms with Crippen molar-refractivity contribution in [1.82, 2.24) is 39.0 Å². The summed E-state index contributed by atoms with van der Waals surface area (Å²) >= 11 is 0. The van der Waals surface area contributed by atoms with Crippen LogP contribution in [0.3, 0.4) is 0 Å². The Morgan fingerprint density at radius 2 is 0.984 bits per heavy atom. The molecule has 1 radical (unpaired) electrons. The van der Waals surface area contributed by atoms with Gasteiger partial charge in [-0.05, 0) is 0 Å².